The van der Waals surface area contributed by atoms with E-state index >= 15 is 0 Å². The molecule has 0 amide bonds. The number of hydrogen-bond donors (Lipinski definition) is 0. The quantitative estimate of drug-likeness (QED) is 0.469. The van der Waals surface area contributed by atoms with Crippen LogP contribution in [0, 0.1) is 0 Å². The van der Waals surface area contributed by atoms with Crippen molar-refractivity contribution < 1.29 is 31.1 Å². The smallest absolute Gasteiger partial charge is 0.261 e. The molecular weight excluding hydrogens is 178 g/mol. The van der Waals surface area contributed by atoms with Crippen molar-refractivity contribution in [2.24, 2.45) is 0 Å². The SMILES string of the molecule is O=C(F)CC(F)(F)C(F)(F)F. The Labute approximate surface area is 57.0 Å². The molecule has 0 aliphatic carbocycles. The number of hydrogen-bond acceptors (Lipinski definition) is 1. The van der Waals surface area contributed by atoms with E-state index in [4.69, 9.17) is 0 Å². The molecule has 0 bridgehead atoms. The summed E-state index contributed by atoms with van der Waals surface area (Å²) in [5.41, 5.74) is 0. The molecule has 0 rings (SSSR count). The van der Waals surface area contributed by atoms with E-state index in [2.05, 4.69) is 0 Å². The van der Waals surface area contributed by atoms with Crippen LogP contribution >= 0.6 is 0 Å². The summed E-state index contributed by atoms with van der Waals surface area (Å²) >= 11 is 0. The highest BCUT2D eigenvalue weighted by Gasteiger charge is 2.58. The molecule has 0 atom stereocenters. The minimum atomic E-state index is -5.87. The summed E-state index contributed by atoms with van der Waals surface area (Å²) in [6.07, 6.45) is -8.31. The third-order valence-corrected chi connectivity index (χ3v) is 0.776. The van der Waals surface area contributed by atoms with Crippen molar-refractivity contribution in [3.63, 3.8) is 0 Å². The molecule has 0 heterocycles. The molecule has 0 saturated heterocycles. The summed E-state index contributed by atoms with van der Waals surface area (Å²) in [6.45, 7) is 0. The van der Waals surface area contributed by atoms with Crippen molar-refractivity contribution in [1.29, 1.82) is 0 Å². The van der Waals surface area contributed by atoms with Gasteiger partial charge >= 0.3 is 18.1 Å². The summed E-state index contributed by atoms with van der Waals surface area (Å²) in [6, 6.07) is -2.69. The topological polar surface area (TPSA) is 17.1 Å². The van der Waals surface area contributed by atoms with Gasteiger partial charge in [-0.3, -0.25) is 4.79 Å². The van der Waals surface area contributed by atoms with Gasteiger partial charge in [0.1, 0.15) is 6.42 Å². The lowest BCUT2D eigenvalue weighted by Gasteiger charge is -2.16. The maximum atomic E-state index is 11.6. The highest BCUT2D eigenvalue weighted by molar-refractivity contribution is 5.69. The minimum absolute atomic E-state index is 2.45. The molecule has 0 saturated carbocycles. The Bertz CT molecular complexity index is 158. The molecule has 0 spiro atoms. The Kier molecular flexibility index (Phi) is 2.52. The molecule has 0 radical (unpaired) electrons. The minimum Gasteiger partial charge on any atom is -0.261 e. The molecule has 0 N–H and O–H groups in total. The van der Waals surface area contributed by atoms with E-state index in [0.29, 0.717) is 0 Å². The second-order valence-corrected chi connectivity index (χ2v) is 1.73. The standard InChI is InChI=1S/C4H2F6O/c5-2(11)1-3(6,7)4(8,9)10/h1H2. The third kappa shape index (κ3) is 2.77. The summed E-state index contributed by atoms with van der Waals surface area (Å²) in [5.74, 6) is -5.27. The van der Waals surface area contributed by atoms with Crippen molar-refractivity contribution in [3.8, 4) is 0 Å². The van der Waals surface area contributed by atoms with Gasteiger partial charge in [0.25, 0.3) is 0 Å². The molecule has 0 fully saturated rings. The molecule has 11 heavy (non-hydrogen) atoms. The fourth-order valence-electron chi connectivity index (χ4n) is 0.275. The van der Waals surface area contributed by atoms with Crippen molar-refractivity contribution in [2.45, 2.75) is 18.5 Å². The fraction of sp³-hybridized carbons (Fsp3) is 0.750. The Morgan fingerprint density at radius 2 is 1.45 bits per heavy atom. The first-order valence-corrected chi connectivity index (χ1v) is 2.30. The number of alkyl halides is 5. The molecule has 0 unspecified atom stereocenters. The van der Waals surface area contributed by atoms with Crippen LogP contribution in [0.25, 0.3) is 0 Å². The Morgan fingerprint density at radius 1 is 1.09 bits per heavy atom. The summed E-state index contributed by atoms with van der Waals surface area (Å²) in [7, 11) is 0. The molecule has 66 valence electrons. The fourth-order valence-corrected chi connectivity index (χ4v) is 0.275. The highest BCUT2D eigenvalue weighted by Crippen LogP contribution is 2.38. The van der Waals surface area contributed by atoms with Gasteiger partial charge in [-0.15, -0.1) is 0 Å². The number of carbonyl (C=O) groups excluding carboxylic acids is 1. The second kappa shape index (κ2) is 2.71. The molecular formula is C4H2F6O. The first-order valence-electron chi connectivity index (χ1n) is 2.30. The molecule has 0 aliphatic rings. The van der Waals surface area contributed by atoms with E-state index in [9.17, 15) is 31.1 Å². The van der Waals surface area contributed by atoms with Crippen LogP contribution in [0.4, 0.5) is 26.3 Å². The molecule has 0 aromatic rings. The highest BCUT2D eigenvalue weighted by atomic mass is 19.4. The van der Waals surface area contributed by atoms with Crippen molar-refractivity contribution in [2.75, 3.05) is 0 Å². The van der Waals surface area contributed by atoms with E-state index in [1.165, 1.54) is 0 Å². The Hall–Kier alpha value is -0.750. The zero-order valence-electron chi connectivity index (χ0n) is 4.88. The largest absolute Gasteiger partial charge is 0.453 e. The van der Waals surface area contributed by atoms with Gasteiger partial charge in [-0.25, -0.2) is 0 Å². The van der Waals surface area contributed by atoms with Gasteiger partial charge in [0.15, 0.2) is 0 Å². The zero-order valence-corrected chi connectivity index (χ0v) is 4.88. The summed E-state index contributed by atoms with van der Waals surface area (Å²) in [5, 5.41) is 0. The third-order valence-electron chi connectivity index (χ3n) is 0.776. The van der Waals surface area contributed by atoms with Crippen LogP contribution in [0.15, 0.2) is 0 Å². The maximum Gasteiger partial charge on any atom is 0.453 e. The van der Waals surface area contributed by atoms with Crippen LogP contribution in [-0.4, -0.2) is 18.1 Å². The van der Waals surface area contributed by atoms with Gasteiger partial charge in [-0.05, 0) is 0 Å². The molecule has 1 nitrogen and oxygen atoms in total. The van der Waals surface area contributed by atoms with Crippen LogP contribution in [0.2, 0.25) is 0 Å². The lowest BCUT2D eigenvalue weighted by Crippen LogP contribution is -2.37. The Balaban J connectivity index is 4.34. The van der Waals surface area contributed by atoms with Gasteiger partial charge in [0.05, 0.1) is 0 Å². The van der Waals surface area contributed by atoms with Crippen LogP contribution in [0.5, 0.6) is 0 Å². The number of halogens is 6. The lowest BCUT2D eigenvalue weighted by atomic mass is 10.2. The summed E-state index contributed by atoms with van der Waals surface area (Å²) < 4.78 is 67.7. The second-order valence-electron chi connectivity index (χ2n) is 1.73. The maximum absolute atomic E-state index is 11.6. The van der Waals surface area contributed by atoms with E-state index in [1.54, 1.807) is 0 Å². The van der Waals surface area contributed by atoms with Crippen LogP contribution in [0.1, 0.15) is 6.42 Å². The van der Waals surface area contributed by atoms with E-state index < -0.39 is 24.6 Å². The van der Waals surface area contributed by atoms with Gasteiger partial charge in [-0.1, -0.05) is 0 Å². The normalized spacial score (nSPS) is 13.3. The van der Waals surface area contributed by atoms with Gasteiger partial charge in [-0.2, -0.15) is 26.3 Å². The first-order chi connectivity index (χ1) is 4.67. The van der Waals surface area contributed by atoms with Crippen molar-refractivity contribution in [3.05, 3.63) is 0 Å². The average Bonchev–Trinajstić information content (AvgIpc) is 1.56. The van der Waals surface area contributed by atoms with E-state index in [1.807, 2.05) is 0 Å². The van der Waals surface area contributed by atoms with E-state index in [0.717, 1.165) is 0 Å². The molecule has 0 aliphatic heterocycles. The van der Waals surface area contributed by atoms with Crippen LogP contribution < -0.4 is 0 Å². The van der Waals surface area contributed by atoms with Crippen LogP contribution in [-0.2, 0) is 4.79 Å². The monoisotopic (exact) mass is 180 g/mol. The van der Waals surface area contributed by atoms with Gasteiger partial charge in [0.2, 0.25) is 0 Å². The average molecular weight is 180 g/mol. The molecule has 7 heteroatoms. The molecule has 0 aromatic carbocycles. The van der Waals surface area contributed by atoms with Gasteiger partial charge < -0.3 is 0 Å². The predicted molar refractivity (Wildman–Crippen MR) is 21.7 cm³/mol. The van der Waals surface area contributed by atoms with Gasteiger partial charge in [0, 0.05) is 0 Å². The number of carbonyl (C=O) groups is 1. The molecule has 0 aromatic heterocycles. The lowest BCUT2D eigenvalue weighted by molar-refractivity contribution is -0.282. The first kappa shape index (κ1) is 10.2. The summed E-state index contributed by atoms with van der Waals surface area (Å²) in [4.78, 5) is 9.26. The van der Waals surface area contributed by atoms with E-state index in [-0.39, 0.29) is 0 Å². The van der Waals surface area contributed by atoms with Crippen molar-refractivity contribution >= 4 is 6.04 Å². The van der Waals surface area contributed by atoms with Crippen molar-refractivity contribution in [1.82, 2.24) is 0 Å². The number of rotatable bonds is 2. The predicted octanol–water partition coefficient (Wildman–Crippen LogP) is 2.07. The van der Waals surface area contributed by atoms with Crippen LogP contribution in [0.3, 0.4) is 0 Å². The Morgan fingerprint density at radius 3 is 1.55 bits per heavy atom. The zero-order chi connectivity index (χ0) is 9.28.